The second kappa shape index (κ2) is 8.11. The topological polar surface area (TPSA) is 111 Å². The zero-order chi connectivity index (χ0) is 17.6. The number of rotatable bonds is 3. The van der Waals surface area contributed by atoms with Gasteiger partial charge in [0, 0.05) is 16.0 Å². The van der Waals surface area contributed by atoms with E-state index in [-0.39, 0.29) is 0 Å². The van der Waals surface area contributed by atoms with Gasteiger partial charge in [-0.05, 0) is 24.3 Å². The molecule has 3 rings (SSSR count). The molecule has 0 amide bonds. The zero-order valence-corrected chi connectivity index (χ0v) is 14.8. The Hall–Kier alpha value is -2.13. The van der Waals surface area contributed by atoms with Crippen LogP contribution in [0.25, 0.3) is 11.3 Å². The van der Waals surface area contributed by atoms with Crippen molar-refractivity contribution in [2.45, 2.75) is 0 Å². The van der Waals surface area contributed by atoms with Crippen LogP contribution < -0.4 is 15.6 Å². The van der Waals surface area contributed by atoms with E-state index in [1.54, 1.807) is 23.6 Å². The number of hydrogen-bond acceptors (Lipinski definition) is 5. The SMILES string of the molecule is Clc1ccccc1.Nc1nc(-c2cccc(NS(N)(=O)=O)c2)cs1. The molecule has 0 unspecified atom stereocenters. The van der Waals surface area contributed by atoms with E-state index >= 15 is 0 Å². The van der Waals surface area contributed by atoms with E-state index in [4.69, 9.17) is 22.5 Å². The number of nitrogens with two attached hydrogens (primary N) is 2. The zero-order valence-electron chi connectivity index (χ0n) is 12.4. The predicted molar refractivity (Wildman–Crippen MR) is 100 cm³/mol. The van der Waals surface area contributed by atoms with Crippen molar-refractivity contribution in [1.29, 1.82) is 0 Å². The van der Waals surface area contributed by atoms with Gasteiger partial charge in [-0.3, -0.25) is 4.72 Å². The Morgan fingerprint density at radius 1 is 1.08 bits per heavy atom. The maximum atomic E-state index is 10.9. The first-order valence-corrected chi connectivity index (χ1v) is 9.46. The molecule has 6 nitrogen and oxygen atoms in total. The van der Waals surface area contributed by atoms with Crippen LogP contribution in [-0.4, -0.2) is 13.4 Å². The highest BCUT2D eigenvalue weighted by atomic mass is 35.5. The highest BCUT2D eigenvalue weighted by Crippen LogP contribution is 2.25. The molecule has 0 aliphatic heterocycles. The molecule has 1 aromatic heterocycles. The lowest BCUT2D eigenvalue weighted by molar-refractivity contribution is 0.603. The minimum absolute atomic E-state index is 0.386. The van der Waals surface area contributed by atoms with Gasteiger partial charge < -0.3 is 5.73 Å². The van der Waals surface area contributed by atoms with Crippen LogP contribution >= 0.6 is 22.9 Å². The van der Waals surface area contributed by atoms with Gasteiger partial charge in [0.2, 0.25) is 0 Å². The Labute approximate surface area is 149 Å². The number of thiazole rings is 1. The van der Waals surface area contributed by atoms with E-state index in [1.807, 2.05) is 36.4 Å². The average molecular weight is 383 g/mol. The van der Waals surface area contributed by atoms with E-state index < -0.39 is 10.2 Å². The van der Waals surface area contributed by atoms with Crippen LogP contribution in [0.4, 0.5) is 10.8 Å². The molecule has 3 aromatic rings. The lowest BCUT2D eigenvalue weighted by Crippen LogP contribution is -2.21. The van der Waals surface area contributed by atoms with Gasteiger partial charge in [0.05, 0.1) is 11.4 Å². The summed E-state index contributed by atoms with van der Waals surface area (Å²) < 4.78 is 24.0. The summed E-state index contributed by atoms with van der Waals surface area (Å²) in [6.45, 7) is 0. The Kier molecular flexibility index (Phi) is 6.16. The molecule has 2 aromatic carbocycles. The van der Waals surface area contributed by atoms with E-state index in [0.29, 0.717) is 16.5 Å². The van der Waals surface area contributed by atoms with Crippen LogP contribution in [0.5, 0.6) is 0 Å². The lowest BCUT2D eigenvalue weighted by Gasteiger charge is -2.04. The number of nitrogens with zero attached hydrogens (tertiary/aromatic N) is 1. The van der Waals surface area contributed by atoms with Crippen LogP contribution in [0, 0.1) is 0 Å². The maximum Gasteiger partial charge on any atom is 0.296 e. The molecule has 9 heteroatoms. The van der Waals surface area contributed by atoms with E-state index in [1.165, 1.54) is 11.3 Å². The van der Waals surface area contributed by atoms with Gasteiger partial charge in [0.1, 0.15) is 0 Å². The second-order valence-corrected chi connectivity index (χ2v) is 7.21. The van der Waals surface area contributed by atoms with Crippen LogP contribution in [0.15, 0.2) is 60.0 Å². The smallest absolute Gasteiger partial charge is 0.296 e. The van der Waals surface area contributed by atoms with Crippen molar-refractivity contribution >= 4 is 44.0 Å². The summed E-state index contributed by atoms with van der Waals surface area (Å²) in [5.74, 6) is 0. The summed E-state index contributed by atoms with van der Waals surface area (Å²) in [6.07, 6.45) is 0. The number of nitrogens with one attached hydrogen (secondary N) is 1. The second-order valence-electron chi connectivity index (χ2n) is 4.59. The quantitative estimate of drug-likeness (QED) is 0.644. The molecular weight excluding hydrogens is 368 g/mol. The Morgan fingerprint density at radius 3 is 2.29 bits per heavy atom. The summed E-state index contributed by atoms with van der Waals surface area (Å²) in [6, 6.07) is 16.2. The van der Waals surface area contributed by atoms with Crippen LogP contribution in [0.1, 0.15) is 0 Å². The highest BCUT2D eigenvalue weighted by molar-refractivity contribution is 7.90. The molecule has 0 spiro atoms. The van der Waals surface area contributed by atoms with Gasteiger partial charge in [-0.1, -0.05) is 41.9 Å². The molecule has 1 heterocycles. The normalized spacial score (nSPS) is 10.6. The molecule has 0 aliphatic rings. The third-order valence-corrected chi connectivity index (χ3v) is 4.12. The molecule has 24 heavy (non-hydrogen) atoms. The fourth-order valence-corrected chi connectivity index (χ4v) is 2.91. The molecule has 126 valence electrons. The maximum absolute atomic E-state index is 10.9. The summed E-state index contributed by atoms with van der Waals surface area (Å²) >= 11 is 6.86. The fraction of sp³-hybridized carbons (Fsp3) is 0. The van der Waals surface area contributed by atoms with Gasteiger partial charge in [0.25, 0.3) is 10.2 Å². The average Bonchev–Trinajstić information content (AvgIpc) is 2.94. The number of aromatic nitrogens is 1. The third kappa shape index (κ3) is 6.17. The van der Waals surface area contributed by atoms with Gasteiger partial charge in [-0.15, -0.1) is 11.3 Å². The van der Waals surface area contributed by atoms with Crippen molar-refractivity contribution in [1.82, 2.24) is 4.98 Å². The molecular formula is C15H15ClN4O2S2. The van der Waals surface area contributed by atoms with Crippen molar-refractivity contribution in [3.8, 4) is 11.3 Å². The molecule has 0 aliphatic carbocycles. The molecule has 0 bridgehead atoms. The van der Waals surface area contributed by atoms with Gasteiger partial charge >= 0.3 is 0 Å². The molecule has 0 radical (unpaired) electrons. The first-order valence-electron chi connectivity index (χ1n) is 6.66. The number of anilines is 2. The number of halogens is 1. The minimum atomic E-state index is -3.76. The van der Waals surface area contributed by atoms with Crippen molar-refractivity contribution in [3.63, 3.8) is 0 Å². The lowest BCUT2D eigenvalue weighted by atomic mass is 10.1. The van der Waals surface area contributed by atoms with Crippen molar-refractivity contribution < 1.29 is 8.42 Å². The van der Waals surface area contributed by atoms with Gasteiger partial charge in [-0.25, -0.2) is 10.1 Å². The number of benzene rings is 2. The molecule has 0 atom stereocenters. The fourth-order valence-electron chi connectivity index (χ4n) is 1.74. The van der Waals surface area contributed by atoms with Crippen LogP contribution in [0.3, 0.4) is 0 Å². The third-order valence-electron chi connectivity index (χ3n) is 2.67. The molecule has 0 saturated carbocycles. The largest absolute Gasteiger partial charge is 0.375 e. The first-order chi connectivity index (χ1) is 11.3. The molecule has 0 fully saturated rings. The Balaban J connectivity index is 0.000000249. The van der Waals surface area contributed by atoms with E-state index in [9.17, 15) is 8.42 Å². The molecule has 5 N–H and O–H groups in total. The number of nitrogen functional groups attached to an aromatic ring is 1. The van der Waals surface area contributed by atoms with Crippen molar-refractivity contribution in [3.05, 3.63) is 65.0 Å². The predicted octanol–water partition coefficient (Wildman–Crippen LogP) is 3.35. The van der Waals surface area contributed by atoms with Gasteiger partial charge in [-0.2, -0.15) is 8.42 Å². The van der Waals surface area contributed by atoms with Crippen LogP contribution in [0.2, 0.25) is 5.02 Å². The summed E-state index contributed by atoms with van der Waals surface area (Å²) in [5.41, 5.74) is 7.39. The van der Waals surface area contributed by atoms with E-state index in [0.717, 1.165) is 10.6 Å². The first kappa shape index (κ1) is 18.2. The summed E-state index contributed by atoms with van der Waals surface area (Å²) in [7, 11) is -3.76. The Morgan fingerprint density at radius 2 is 1.79 bits per heavy atom. The van der Waals surface area contributed by atoms with Crippen molar-refractivity contribution in [2.75, 3.05) is 10.5 Å². The monoisotopic (exact) mass is 382 g/mol. The molecule has 0 saturated heterocycles. The Bertz CT molecular complexity index is 899. The minimum Gasteiger partial charge on any atom is -0.375 e. The van der Waals surface area contributed by atoms with Crippen LogP contribution in [-0.2, 0) is 10.2 Å². The highest BCUT2D eigenvalue weighted by Gasteiger charge is 2.06. The van der Waals surface area contributed by atoms with Gasteiger partial charge in [0.15, 0.2) is 5.13 Å². The number of hydrogen-bond donors (Lipinski definition) is 3. The van der Waals surface area contributed by atoms with E-state index in [2.05, 4.69) is 9.71 Å². The van der Waals surface area contributed by atoms with Crippen molar-refractivity contribution in [2.24, 2.45) is 5.14 Å². The summed E-state index contributed by atoms with van der Waals surface area (Å²) in [4.78, 5) is 4.11. The standard InChI is InChI=1S/C9H10N4O2S2.C6H5Cl/c10-9-12-8(5-16-9)6-2-1-3-7(4-6)13-17(11,14)15;7-6-4-2-1-3-5-6/h1-5,13H,(H2,10,12)(H2,11,14,15);1-5H. The summed E-state index contributed by atoms with van der Waals surface area (Å²) in [5, 5.41) is 7.94.